The largest absolute Gasteiger partial charge is 0.454 e. The number of fused-ring (bicyclic) bond motifs is 6. The van der Waals surface area contributed by atoms with Gasteiger partial charge in [0.15, 0.2) is 23.0 Å². The average molecular weight is 677 g/mol. The fourth-order valence-electron chi connectivity index (χ4n) is 7.98. The van der Waals surface area contributed by atoms with Crippen molar-refractivity contribution in [2.75, 3.05) is 23.4 Å². The lowest BCUT2D eigenvalue weighted by molar-refractivity contribution is 0.173. The van der Waals surface area contributed by atoms with Gasteiger partial charge < -0.3 is 28.7 Å². The second kappa shape index (κ2) is 10.7. The molecule has 4 aliphatic rings. The molecule has 7 heteroatoms. The van der Waals surface area contributed by atoms with Gasteiger partial charge >= 0.3 is 0 Å². The van der Waals surface area contributed by atoms with Crippen LogP contribution in [0.1, 0.15) is 79.0 Å². The molecule has 6 nitrogen and oxygen atoms in total. The molecular weight excluding hydrogens is 631 g/mol. The van der Waals surface area contributed by atoms with Crippen molar-refractivity contribution in [2.45, 2.75) is 78.6 Å². The Morgan fingerprint density at radius 2 is 0.941 bits per heavy atom. The quantitative estimate of drug-likeness (QED) is 0.170. The Morgan fingerprint density at radius 1 is 0.431 bits per heavy atom. The van der Waals surface area contributed by atoms with Gasteiger partial charge in [-0.2, -0.15) is 0 Å². The van der Waals surface area contributed by atoms with E-state index < -0.39 is 0 Å². The highest BCUT2D eigenvalue weighted by Crippen LogP contribution is 2.49. The molecular formula is C44H45BN2O4. The number of hydrogen-bond acceptors (Lipinski definition) is 6. The van der Waals surface area contributed by atoms with Crippen molar-refractivity contribution in [3.05, 3.63) is 102 Å². The van der Waals surface area contributed by atoms with Gasteiger partial charge in [0.25, 0.3) is 6.71 Å². The minimum atomic E-state index is -0.116. The van der Waals surface area contributed by atoms with Crippen molar-refractivity contribution in [1.82, 2.24) is 0 Å². The van der Waals surface area contributed by atoms with E-state index in [1.54, 1.807) is 0 Å². The van der Waals surface area contributed by atoms with Crippen LogP contribution in [0.3, 0.4) is 0 Å². The Balaban J connectivity index is 1.39. The normalized spacial score (nSPS) is 15.5. The van der Waals surface area contributed by atoms with Crippen LogP contribution in [0.15, 0.2) is 84.9 Å². The molecule has 0 atom stereocenters. The first kappa shape index (κ1) is 31.9. The number of benzene rings is 5. The highest BCUT2D eigenvalue weighted by Gasteiger charge is 2.45. The number of anilines is 6. The molecule has 0 aliphatic carbocycles. The molecule has 0 fully saturated rings. The van der Waals surface area contributed by atoms with Gasteiger partial charge in [-0.15, -0.1) is 0 Å². The topological polar surface area (TPSA) is 43.4 Å². The zero-order chi connectivity index (χ0) is 35.6. The van der Waals surface area contributed by atoms with E-state index in [2.05, 4.69) is 151 Å². The minimum absolute atomic E-state index is 0.0294. The standard InChI is InChI=1S/C44H45BN2O4/c1-42(2,3)26-10-13-29(14-11-26)46-33-16-12-27(43(4,5)6)18-31(33)45-32-22-39-40(51-25-50-39)23-34(32)47(30-15-17-37-38(21-30)49-24-48-37)36-20-28(44(7,8)9)19-35(46)41(36)45/h10-23H,24-25H2,1-9H3. The Bertz CT molecular complexity index is 2240. The van der Waals surface area contributed by atoms with Gasteiger partial charge in [0.05, 0.1) is 5.69 Å². The van der Waals surface area contributed by atoms with Crippen LogP contribution >= 0.6 is 0 Å². The van der Waals surface area contributed by atoms with E-state index in [9.17, 15) is 0 Å². The SMILES string of the molecule is CC(C)(C)c1ccc(N2c3ccc(C(C)(C)C)cc3B3c4cc5c(cc4N(c4ccc6c(c4)OCO6)c4cc(C(C)(C)C)cc2c43)OCO5)cc1. The van der Waals surface area contributed by atoms with Gasteiger partial charge in [0, 0.05) is 40.6 Å². The predicted molar refractivity (Wildman–Crippen MR) is 209 cm³/mol. The molecule has 51 heavy (non-hydrogen) atoms. The maximum absolute atomic E-state index is 6.07. The molecule has 0 N–H and O–H groups in total. The molecule has 0 unspecified atom stereocenters. The van der Waals surface area contributed by atoms with Gasteiger partial charge in [-0.3, -0.25) is 0 Å². The highest BCUT2D eigenvalue weighted by atomic mass is 16.7. The van der Waals surface area contributed by atoms with Gasteiger partial charge in [-0.25, -0.2) is 0 Å². The molecule has 4 heterocycles. The summed E-state index contributed by atoms with van der Waals surface area (Å²) in [6.07, 6.45) is 0. The van der Waals surface area contributed by atoms with Crippen LogP contribution in [-0.2, 0) is 16.2 Å². The van der Waals surface area contributed by atoms with E-state index in [-0.39, 0.29) is 36.5 Å². The first-order valence-electron chi connectivity index (χ1n) is 18.0. The molecule has 5 aromatic rings. The molecule has 9 rings (SSSR count). The zero-order valence-electron chi connectivity index (χ0n) is 31.1. The monoisotopic (exact) mass is 676 g/mol. The van der Waals surface area contributed by atoms with E-state index in [1.807, 2.05) is 6.07 Å². The van der Waals surface area contributed by atoms with E-state index in [1.165, 1.54) is 44.5 Å². The lowest BCUT2D eigenvalue weighted by Gasteiger charge is -2.45. The predicted octanol–water partition coefficient (Wildman–Crippen LogP) is 9.12. The van der Waals surface area contributed by atoms with Gasteiger partial charge in [0.1, 0.15) is 0 Å². The lowest BCUT2D eigenvalue weighted by Crippen LogP contribution is -2.61. The van der Waals surface area contributed by atoms with Gasteiger partial charge in [-0.05, 0) is 97.9 Å². The Kier molecular flexibility index (Phi) is 6.72. The molecule has 0 bridgehead atoms. The number of nitrogens with zero attached hydrogens (tertiary/aromatic N) is 2. The summed E-state index contributed by atoms with van der Waals surface area (Å²) in [4.78, 5) is 4.89. The van der Waals surface area contributed by atoms with Crippen molar-refractivity contribution in [1.29, 1.82) is 0 Å². The maximum Gasteiger partial charge on any atom is 0.252 e. The van der Waals surface area contributed by atoms with E-state index in [4.69, 9.17) is 18.9 Å². The fourth-order valence-corrected chi connectivity index (χ4v) is 7.98. The third-order valence-electron chi connectivity index (χ3n) is 10.9. The van der Waals surface area contributed by atoms with Crippen molar-refractivity contribution in [2.24, 2.45) is 0 Å². The summed E-state index contributed by atoms with van der Waals surface area (Å²) in [7, 11) is 0. The van der Waals surface area contributed by atoms with Crippen LogP contribution in [0, 0.1) is 0 Å². The highest BCUT2D eigenvalue weighted by molar-refractivity contribution is 7.00. The summed E-state index contributed by atoms with van der Waals surface area (Å²) in [5.74, 6) is 3.05. The van der Waals surface area contributed by atoms with Crippen molar-refractivity contribution < 1.29 is 18.9 Å². The first-order chi connectivity index (χ1) is 24.2. The molecule has 0 radical (unpaired) electrons. The molecule has 0 saturated carbocycles. The van der Waals surface area contributed by atoms with Crippen molar-refractivity contribution in [3.8, 4) is 23.0 Å². The summed E-state index contributed by atoms with van der Waals surface area (Å²) >= 11 is 0. The van der Waals surface area contributed by atoms with Crippen molar-refractivity contribution >= 4 is 57.2 Å². The lowest BCUT2D eigenvalue weighted by atomic mass is 9.33. The molecule has 258 valence electrons. The first-order valence-corrected chi connectivity index (χ1v) is 18.0. The number of ether oxygens (including phenoxy) is 4. The number of hydrogen-bond donors (Lipinski definition) is 0. The fraction of sp³-hybridized carbons (Fsp3) is 0.318. The molecule has 0 saturated heterocycles. The summed E-state index contributed by atoms with van der Waals surface area (Å²) in [5, 5.41) is 0. The molecule has 4 aliphatic heterocycles. The Labute approximate surface area is 302 Å². The van der Waals surface area contributed by atoms with E-state index in [0.717, 1.165) is 45.7 Å². The average Bonchev–Trinajstić information content (AvgIpc) is 3.74. The molecule has 0 aromatic heterocycles. The van der Waals surface area contributed by atoms with E-state index in [0.29, 0.717) is 0 Å². The van der Waals surface area contributed by atoms with Crippen LogP contribution in [0.2, 0.25) is 0 Å². The van der Waals surface area contributed by atoms with Crippen LogP contribution < -0.4 is 45.1 Å². The van der Waals surface area contributed by atoms with Crippen LogP contribution in [-0.4, -0.2) is 20.3 Å². The summed E-state index contributed by atoms with van der Waals surface area (Å²) in [5.41, 5.74) is 14.3. The van der Waals surface area contributed by atoms with Gasteiger partial charge in [0.2, 0.25) is 13.6 Å². The van der Waals surface area contributed by atoms with Crippen LogP contribution in [0.5, 0.6) is 23.0 Å². The Hall–Kier alpha value is -5.04. The second-order valence-electron chi connectivity index (χ2n) is 17.4. The van der Waals surface area contributed by atoms with E-state index >= 15 is 0 Å². The molecule has 0 spiro atoms. The zero-order valence-corrected chi connectivity index (χ0v) is 31.1. The maximum atomic E-state index is 6.07. The van der Waals surface area contributed by atoms with Gasteiger partial charge in [-0.1, -0.05) is 86.6 Å². The van der Waals surface area contributed by atoms with Crippen molar-refractivity contribution in [3.63, 3.8) is 0 Å². The summed E-state index contributed by atoms with van der Waals surface area (Å²) < 4.78 is 23.8. The Morgan fingerprint density at radius 3 is 1.57 bits per heavy atom. The van der Waals surface area contributed by atoms with Crippen LogP contribution in [0.25, 0.3) is 0 Å². The minimum Gasteiger partial charge on any atom is -0.454 e. The summed E-state index contributed by atoms with van der Waals surface area (Å²) in [6.45, 7) is 21.0. The third kappa shape index (κ3) is 4.99. The van der Waals surface area contributed by atoms with Crippen LogP contribution in [0.4, 0.5) is 34.1 Å². The molecule has 0 amide bonds. The third-order valence-corrected chi connectivity index (χ3v) is 10.9. The second-order valence-corrected chi connectivity index (χ2v) is 17.4. The number of rotatable bonds is 2. The smallest absolute Gasteiger partial charge is 0.252 e. The molecule has 5 aromatic carbocycles. The summed E-state index contributed by atoms with van der Waals surface area (Å²) in [6, 6.07) is 31.8.